The van der Waals surface area contributed by atoms with Gasteiger partial charge in [-0.15, -0.1) is 0 Å². The van der Waals surface area contributed by atoms with E-state index in [2.05, 4.69) is 6.58 Å². The molecule has 282 valence electrons. The number of hydrogen-bond acceptors (Lipinski definition) is 14. The Kier molecular flexibility index (Phi) is 9.91. The van der Waals surface area contributed by atoms with Crippen molar-refractivity contribution in [2.45, 2.75) is 109 Å². The first kappa shape index (κ1) is 38.6. The van der Waals surface area contributed by atoms with Crippen LogP contribution in [0.25, 0.3) is 0 Å². The van der Waals surface area contributed by atoms with E-state index in [0.717, 1.165) is 14.0 Å². The zero-order chi connectivity index (χ0) is 38.1. The molecule has 2 unspecified atom stereocenters. The lowest BCUT2D eigenvalue weighted by atomic mass is 9.44. The zero-order valence-corrected chi connectivity index (χ0v) is 29.9. The van der Waals surface area contributed by atoms with Crippen LogP contribution in [0.4, 0.5) is 0 Å². The molecular formula is C36H48O15. The van der Waals surface area contributed by atoms with E-state index >= 15 is 0 Å². The van der Waals surface area contributed by atoms with Crippen LogP contribution in [0.2, 0.25) is 0 Å². The van der Waals surface area contributed by atoms with Crippen LogP contribution in [0, 0.1) is 34.5 Å². The van der Waals surface area contributed by atoms with Crippen LogP contribution >= 0.6 is 0 Å². The summed E-state index contributed by atoms with van der Waals surface area (Å²) in [6, 6.07) is 1.55. The maximum atomic E-state index is 14.3. The molecular weight excluding hydrogens is 672 g/mol. The number of furan rings is 1. The third-order valence-electron chi connectivity index (χ3n) is 12.5. The highest BCUT2D eigenvalue weighted by molar-refractivity contribution is 5.97. The van der Waals surface area contributed by atoms with Gasteiger partial charge in [0, 0.05) is 36.5 Å². The summed E-state index contributed by atoms with van der Waals surface area (Å²) in [5.41, 5.74) is -7.78. The smallest absolute Gasteiger partial charge is 0.335 e. The number of rotatable bonds is 10. The quantitative estimate of drug-likeness (QED) is 0.155. The van der Waals surface area contributed by atoms with Gasteiger partial charge in [0.2, 0.25) is 0 Å². The first-order valence-corrected chi connectivity index (χ1v) is 17.0. The number of Topliss-reactive ketones (excluding diaryl/α,β-unsaturated/α-hetero) is 1. The largest absolute Gasteiger partial charge is 0.481 e. The van der Waals surface area contributed by atoms with Gasteiger partial charge in [0.15, 0.2) is 17.5 Å². The number of carboxylic acids is 1. The Balaban J connectivity index is 1.83. The number of methoxy groups -OCH3 is 1. The SMILES string of the molecule is C=C1[C@@H]([C@@]2(C)[C@@H](OC(C)=O)C[C@@]3(O)OC[C@](C)(O3)[C@@H]2CC(=O)OC)[C@@H](C(=O)O)[C@H](OC(=O)C(O)C(C)CC)[C@@]2(C)[C@H](c3ccoc3)CC(=O)[C@]12O. The second-order valence-electron chi connectivity index (χ2n) is 15.2. The molecule has 0 aromatic carbocycles. The highest BCUT2D eigenvalue weighted by Gasteiger charge is 2.78. The summed E-state index contributed by atoms with van der Waals surface area (Å²) < 4.78 is 33.9. The maximum Gasteiger partial charge on any atom is 0.335 e. The Morgan fingerprint density at radius 2 is 1.80 bits per heavy atom. The summed E-state index contributed by atoms with van der Waals surface area (Å²) in [6.07, 6.45) is -3.39. The van der Waals surface area contributed by atoms with E-state index in [9.17, 15) is 44.4 Å². The Bertz CT molecular complexity index is 1590. The molecule has 51 heavy (non-hydrogen) atoms. The molecule has 15 heteroatoms. The lowest BCUT2D eigenvalue weighted by Gasteiger charge is -2.61. The van der Waals surface area contributed by atoms with Crippen molar-refractivity contribution >= 4 is 29.7 Å². The van der Waals surface area contributed by atoms with E-state index in [-0.39, 0.29) is 18.6 Å². The van der Waals surface area contributed by atoms with Gasteiger partial charge in [0.1, 0.15) is 18.1 Å². The second-order valence-corrected chi connectivity index (χ2v) is 15.2. The highest BCUT2D eigenvalue weighted by Crippen LogP contribution is 2.70. The number of aliphatic carboxylic acids is 1. The summed E-state index contributed by atoms with van der Waals surface area (Å²) in [5, 5.41) is 46.6. The van der Waals surface area contributed by atoms with Gasteiger partial charge in [-0.05, 0) is 30.0 Å². The fourth-order valence-electron chi connectivity index (χ4n) is 9.59. The molecule has 5 rings (SSSR count). The molecule has 13 atom stereocenters. The number of hydrogen-bond donors (Lipinski definition) is 4. The predicted octanol–water partition coefficient (Wildman–Crippen LogP) is 2.25. The predicted molar refractivity (Wildman–Crippen MR) is 172 cm³/mol. The molecule has 2 aliphatic heterocycles. The number of carbonyl (C=O) groups is 5. The number of carboxylic acid groups (broad SMARTS) is 1. The minimum absolute atomic E-state index is 0.285. The second kappa shape index (κ2) is 13.1. The fourth-order valence-corrected chi connectivity index (χ4v) is 9.59. The summed E-state index contributed by atoms with van der Waals surface area (Å²) in [4.78, 5) is 67.9. The monoisotopic (exact) mass is 720 g/mol. The lowest BCUT2D eigenvalue weighted by Crippen LogP contribution is -2.71. The average Bonchev–Trinajstić information content (AvgIpc) is 3.75. The van der Waals surface area contributed by atoms with Crippen LogP contribution < -0.4 is 0 Å². The molecule has 1 aromatic rings. The fraction of sp³-hybridized carbons (Fsp3) is 0.694. The molecule has 2 saturated carbocycles. The van der Waals surface area contributed by atoms with E-state index in [4.69, 9.17) is 28.1 Å². The third-order valence-corrected chi connectivity index (χ3v) is 12.5. The highest BCUT2D eigenvalue weighted by atomic mass is 16.9. The maximum absolute atomic E-state index is 14.3. The molecule has 0 radical (unpaired) electrons. The van der Waals surface area contributed by atoms with Crippen LogP contribution in [0.3, 0.4) is 0 Å². The summed E-state index contributed by atoms with van der Waals surface area (Å²) in [6.45, 7) is 12.8. The molecule has 4 fully saturated rings. The number of ether oxygens (including phenoxy) is 5. The van der Waals surface area contributed by atoms with Crippen LogP contribution in [-0.4, -0.2) is 99.3 Å². The molecule has 0 amide bonds. The van der Waals surface area contributed by atoms with Crippen molar-refractivity contribution in [2.75, 3.05) is 13.7 Å². The van der Waals surface area contributed by atoms with Gasteiger partial charge in [-0.3, -0.25) is 19.2 Å². The minimum atomic E-state index is -2.59. The van der Waals surface area contributed by atoms with Gasteiger partial charge in [-0.2, -0.15) is 0 Å². The van der Waals surface area contributed by atoms with Gasteiger partial charge >= 0.3 is 23.9 Å². The minimum Gasteiger partial charge on any atom is -0.481 e. The first-order valence-electron chi connectivity index (χ1n) is 17.0. The van der Waals surface area contributed by atoms with Crippen LogP contribution in [0.5, 0.6) is 0 Å². The number of aliphatic hydroxyl groups is 3. The molecule has 2 saturated heterocycles. The topological polar surface area (TPSA) is 226 Å². The van der Waals surface area contributed by atoms with Gasteiger partial charge in [0.05, 0.1) is 50.1 Å². The van der Waals surface area contributed by atoms with E-state index < -0.39 is 118 Å². The van der Waals surface area contributed by atoms with Crippen molar-refractivity contribution in [3.05, 3.63) is 36.3 Å². The molecule has 2 aliphatic carbocycles. The number of fused-ring (bicyclic) bond motifs is 3. The van der Waals surface area contributed by atoms with Crippen molar-refractivity contribution < 1.29 is 72.5 Å². The van der Waals surface area contributed by atoms with Crippen LogP contribution in [0.1, 0.15) is 78.7 Å². The number of carbonyl (C=O) groups excluding carboxylic acids is 4. The van der Waals surface area contributed by atoms with Crippen LogP contribution in [0.15, 0.2) is 35.2 Å². The van der Waals surface area contributed by atoms with Crippen molar-refractivity contribution in [1.82, 2.24) is 0 Å². The summed E-state index contributed by atoms with van der Waals surface area (Å²) in [7, 11) is 1.14. The van der Waals surface area contributed by atoms with E-state index in [1.165, 1.54) is 33.3 Å². The molecule has 4 N–H and O–H groups in total. The Hall–Kier alpha value is -3.63. The molecule has 2 bridgehead atoms. The van der Waals surface area contributed by atoms with Gasteiger partial charge < -0.3 is 48.5 Å². The summed E-state index contributed by atoms with van der Waals surface area (Å²) >= 11 is 0. The first-order chi connectivity index (χ1) is 23.7. The normalized spacial score (nSPS) is 41.6. The molecule has 1 aromatic heterocycles. The van der Waals surface area contributed by atoms with Gasteiger partial charge in [0.25, 0.3) is 5.97 Å². The van der Waals surface area contributed by atoms with Gasteiger partial charge in [-0.25, -0.2) is 4.79 Å². The van der Waals surface area contributed by atoms with E-state index in [0.29, 0.717) is 12.0 Å². The van der Waals surface area contributed by atoms with Gasteiger partial charge in [-0.1, -0.05) is 40.7 Å². The van der Waals surface area contributed by atoms with Crippen molar-refractivity contribution in [2.24, 2.45) is 34.5 Å². The molecule has 0 spiro atoms. The van der Waals surface area contributed by atoms with Crippen molar-refractivity contribution in [3.63, 3.8) is 0 Å². The molecule has 15 nitrogen and oxygen atoms in total. The Morgan fingerprint density at radius 3 is 2.35 bits per heavy atom. The van der Waals surface area contributed by atoms with Crippen LogP contribution in [-0.2, 0) is 47.7 Å². The Morgan fingerprint density at radius 1 is 1.14 bits per heavy atom. The number of aliphatic hydroxyl groups excluding tert-OH is 1. The zero-order valence-electron chi connectivity index (χ0n) is 29.9. The standard InChI is InChI=1S/C36H48O15/c1-9-17(2)28(40)31(43)50-29-26(30(41)42)27(18(3)36(45)23(38)12-21(34(29,36)7)20-10-11-47-15-20)33(6)22(13-25(39)46-8)32(5)16-48-35(44,51-32)14-24(33)49-19(4)37/h10-11,15,17,21-22,24,26-29,40,44-45H,3,9,12-14,16H2,1-2,4-8H3,(H,41,42)/t17?,21-,22-,24-,26+,27+,28?,29-,32-,33+,34+,35+,36+/m0/s1. The molecule has 4 aliphatic rings. The third kappa shape index (κ3) is 5.72. The van der Waals surface area contributed by atoms with Crippen molar-refractivity contribution in [1.29, 1.82) is 0 Å². The summed E-state index contributed by atoms with van der Waals surface area (Å²) in [5.74, 6) is -13.7. The Labute approximate surface area is 295 Å². The average molecular weight is 721 g/mol. The van der Waals surface area contributed by atoms with Crippen molar-refractivity contribution in [3.8, 4) is 0 Å². The number of ketones is 1. The van der Waals surface area contributed by atoms with E-state index in [1.807, 2.05) is 0 Å². The number of esters is 3. The molecule has 3 heterocycles. The van der Waals surface area contributed by atoms with E-state index in [1.54, 1.807) is 19.9 Å². The lowest BCUT2D eigenvalue weighted by molar-refractivity contribution is -0.328.